The third-order valence-corrected chi connectivity index (χ3v) is 5.21. The van der Waals surface area contributed by atoms with Crippen LogP contribution in [0.5, 0.6) is 0 Å². The standard InChI is InChI=1S/C19H19ClN4OS/c1-23(12-14-8-10-16(20)11-9-14)17(25)13-26-19-22-21-18(24(19)2)15-6-4-3-5-7-15/h3-11H,12-13H2,1-2H3. The Morgan fingerprint density at radius 2 is 1.81 bits per heavy atom. The van der Waals surface area contributed by atoms with E-state index in [-0.39, 0.29) is 5.91 Å². The zero-order valence-corrected chi connectivity index (χ0v) is 16.2. The van der Waals surface area contributed by atoms with Gasteiger partial charge in [-0.3, -0.25) is 4.79 Å². The van der Waals surface area contributed by atoms with E-state index in [4.69, 9.17) is 11.6 Å². The van der Waals surface area contributed by atoms with E-state index in [1.54, 1.807) is 11.9 Å². The topological polar surface area (TPSA) is 51.0 Å². The van der Waals surface area contributed by atoms with Crippen LogP contribution in [0.2, 0.25) is 5.02 Å². The summed E-state index contributed by atoms with van der Waals surface area (Å²) in [5.41, 5.74) is 2.04. The van der Waals surface area contributed by atoms with Gasteiger partial charge in [-0.05, 0) is 17.7 Å². The summed E-state index contributed by atoms with van der Waals surface area (Å²) in [7, 11) is 3.70. The van der Waals surface area contributed by atoms with E-state index in [0.717, 1.165) is 22.1 Å². The molecule has 3 aromatic rings. The zero-order valence-electron chi connectivity index (χ0n) is 14.6. The molecule has 0 aliphatic rings. The van der Waals surface area contributed by atoms with Gasteiger partial charge in [-0.15, -0.1) is 10.2 Å². The Labute approximate surface area is 162 Å². The lowest BCUT2D eigenvalue weighted by Crippen LogP contribution is -2.27. The number of nitrogens with zero attached hydrogens (tertiary/aromatic N) is 4. The predicted octanol–water partition coefficient (Wildman–Crippen LogP) is 3.89. The van der Waals surface area contributed by atoms with Crippen LogP contribution in [0.3, 0.4) is 0 Å². The van der Waals surface area contributed by atoms with Gasteiger partial charge in [0.2, 0.25) is 5.91 Å². The largest absolute Gasteiger partial charge is 0.341 e. The highest BCUT2D eigenvalue weighted by Crippen LogP contribution is 2.22. The van der Waals surface area contributed by atoms with Crippen LogP contribution in [0.25, 0.3) is 11.4 Å². The first kappa shape index (κ1) is 18.5. The van der Waals surface area contributed by atoms with Crippen molar-refractivity contribution in [2.75, 3.05) is 12.8 Å². The molecule has 0 aliphatic carbocycles. The average molecular weight is 387 g/mol. The van der Waals surface area contributed by atoms with Crippen LogP contribution in [-0.4, -0.2) is 38.4 Å². The Kier molecular flexibility index (Phi) is 5.96. The van der Waals surface area contributed by atoms with E-state index in [1.165, 1.54) is 11.8 Å². The van der Waals surface area contributed by atoms with Gasteiger partial charge in [0.25, 0.3) is 0 Å². The molecular formula is C19H19ClN4OS. The number of benzene rings is 2. The minimum atomic E-state index is 0.0363. The molecule has 1 heterocycles. The SMILES string of the molecule is CN(Cc1ccc(Cl)cc1)C(=O)CSc1nnc(-c2ccccc2)n1C. The molecule has 0 radical (unpaired) electrons. The van der Waals surface area contributed by atoms with Gasteiger partial charge in [-0.2, -0.15) is 0 Å². The van der Waals surface area contributed by atoms with Gasteiger partial charge in [-0.1, -0.05) is 65.8 Å². The predicted molar refractivity (Wildman–Crippen MR) is 105 cm³/mol. The van der Waals surface area contributed by atoms with Gasteiger partial charge < -0.3 is 9.47 Å². The number of rotatable bonds is 6. The van der Waals surface area contributed by atoms with Crippen LogP contribution < -0.4 is 0 Å². The maximum Gasteiger partial charge on any atom is 0.233 e. The molecule has 0 saturated carbocycles. The number of carbonyl (C=O) groups excluding carboxylic acids is 1. The quantitative estimate of drug-likeness (QED) is 0.603. The highest BCUT2D eigenvalue weighted by Gasteiger charge is 2.15. The number of amides is 1. The first-order valence-corrected chi connectivity index (χ1v) is 9.47. The summed E-state index contributed by atoms with van der Waals surface area (Å²) in [5.74, 6) is 1.13. The van der Waals surface area contributed by atoms with Crippen molar-refractivity contribution in [3.63, 3.8) is 0 Å². The van der Waals surface area contributed by atoms with Crippen molar-refractivity contribution >= 4 is 29.3 Å². The molecule has 0 bridgehead atoms. The normalized spacial score (nSPS) is 10.7. The second-order valence-electron chi connectivity index (χ2n) is 5.90. The molecule has 0 N–H and O–H groups in total. The Morgan fingerprint density at radius 1 is 1.12 bits per heavy atom. The molecule has 0 unspecified atom stereocenters. The Balaban J connectivity index is 1.59. The molecule has 2 aromatic carbocycles. The second-order valence-corrected chi connectivity index (χ2v) is 7.28. The first-order chi connectivity index (χ1) is 12.5. The first-order valence-electron chi connectivity index (χ1n) is 8.10. The number of carbonyl (C=O) groups is 1. The molecule has 0 saturated heterocycles. The molecule has 0 atom stereocenters. The van der Waals surface area contributed by atoms with Gasteiger partial charge in [0.1, 0.15) is 0 Å². The van der Waals surface area contributed by atoms with Crippen molar-refractivity contribution in [2.45, 2.75) is 11.7 Å². The van der Waals surface area contributed by atoms with Crippen molar-refractivity contribution in [1.82, 2.24) is 19.7 Å². The second kappa shape index (κ2) is 8.38. The van der Waals surface area contributed by atoms with Gasteiger partial charge in [0.05, 0.1) is 5.75 Å². The molecule has 1 amide bonds. The van der Waals surface area contributed by atoms with Crippen LogP contribution in [0, 0.1) is 0 Å². The Bertz CT molecular complexity index is 880. The maximum absolute atomic E-state index is 12.4. The summed E-state index contributed by atoms with van der Waals surface area (Å²) in [5, 5.41) is 9.86. The fraction of sp³-hybridized carbons (Fsp3) is 0.211. The summed E-state index contributed by atoms with van der Waals surface area (Å²) in [4.78, 5) is 14.1. The Hall–Kier alpha value is -2.31. The number of thioether (sulfide) groups is 1. The monoisotopic (exact) mass is 386 g/mol. The third-order valence-electron chi connectivity index (χ3n) is 3.95. The summed E-state index contributed by atoms with van der Waals surface area (Å²) < 4.78 is 1.91. The number of hydrogen-bond acceptors (Lipinski definition) is 4. The smallest absolute Gasteiger partial charge is 0.233 e. The molecule has 7 heteroatoms. The molecule has 26 heavy (non-hydrogen) atoms. The van der Waals surface area contributed by atoms with E-state index in [0.29, 0.717) is 17.3 Å². The van der Waals surface area contributed by atoms with Gasteiger partial charge in [0, 0.05) is 31.2 Å². The van der Waals surface area contributed by atoms with E-state index in [2.05, 4.69) is 10.2 Å². The summed E-state index contributed by atoms with van der Waals surface area (Å²) >= 11 is 7.28. The summed E-state index contributed by atoms with van der Waals surface area (Å²) in [6, 6.07) is 17.4. The van der Waals surface area contributed by atoms with Crippen molar-refractivity contribution in [3.05, 3.63) is 65.2 Å². The fourth-order valence-electron chi connectivity index (χ4n) is 2.47. The Morgan fingerprint density at radius 3 is 2.50 bits per heavy atom. The lowest BCUT2D eigenvalue weighted by atomic mass is 10.2. The van der Waals surface area contributed by atoms with Crippen LogP contribution in [0.4, 0.5) is 0 Å². The van der Waals surface area contributed by atoms with Gasteiger partial charge in [0.15, 0.2) is 11.0 Å². The molecule has 1 aromatic heterocycles. The lowest BCUT2D eigenvalue weighted by molar-refractivity contribution is -0.127. The molecule has 0 fully saturated rings. The highest BCUT2D eigenvalue weighted by atomic mass is 35.5. The minimum absolute atomic E-state index is 0.0363. The van der Waals surface area contributed by atoms with Crippen LogP contribution in [-0.2, 0) is 18.4 Å². The van der Waals surface area contributed by atoms with Crippen LogP contribution in [0.15, 0.2) is 59.8 Å². The minimum Gasteiger partial charge on any atom is -0.341 e. The van der Waals surface area contributed by atoms with Gasteiger partial charge in [-0.25, -0.2) is 0 Å². The van der Waals surface area contributed by atoms with Crippen molar-refractivity contribution in [3.8, 4) is 11.4 Å². The number of hydrogen-bond donors (Lipinski definition) is 0. The fourth-order valence-corrected chi connectivity index (χ4v) is 3.45. The molecule has 3 rings (SSSR count). The van der Waals surface area contributed by atoms with Gasteiger partial charge >= 0.3 is 0 Å². The van der Waals surface area contributed by atoms with Crippen molar-refractivity contribution in [1.29, 1.82) is 0 Å². The number of halogens is 1. The van der Waals surface area contributed by atoms with Crippen molar-refractivity contribution in [2.24, 2.45) is 7.05 Å². The van der Waals surface area contributed by atoms with E-state index >= 15 is 0 Å². The van der Waals surface area contributed by atoms with E-state index in [1.807, 2.05) is 66.2 Å². The number of aromatic nitrogens is 3. The van der Waals surface area contributed by atoms with E-state index < -0.39 is 0 Å². The summed E-state index contributed by atoms with van der Waals surface area (Å²) in [6.45, 7) is 0.546. The maximum atomic E-state index is 12.4. The molecule has 0 aliphatic heterocycles. The average Bonchev–Trinajstić information content (AvgIpc) is 3.03. The zero-order chi connectivity index (χ0) is 18.5. The molecule has 5 nitrogen and oxygen atoms in total. The van der Waals surface area contributed by atoms with E-state index in [9.17, 15) is 4.79 Å². The summed E-state index contributed by atoms with van der Waals surface area (Å²) in [6.07, 6.45) is 0. The van der Waals surface area contributed by atoms with Crippen LogP contribution in [0.1, 0.15) is 5.56 Å². The molecule has 0 spiro atoms. The third kappa shape index (κ3) is 4.45. The van der Waals surface area contributed by atoms with Crippen molar-refractivity contribution < 1.29 is 4.79 Å². The molecule has 134 valence electrons. The van der Waals surface area contributed by atoms with Crippen LogP contribution >= 0.6 is 23.4 Å². The highest BCUT2D eigenvalue weighted by molar-refractivity contribution is 7.99. The molecular weight excluding hydrogens is 368 g/mol. The lowest BCUT2D eigenvalue weighted by Gasteiger charge is -2.17.